The van der Waals surface area contributed by atoms with Gasteiger partial charge in [0.25, 0.3) is 0 Å². The average Bonchev–Trinajstić information content (AvgIpc) is 2.50. The molecule has 0 aliphatic carbocycles. The lowest BCUT2D eigenvalue weighted by molar-refractivity contribution is 0.0523. The van der Waals surface area contributed by atoms with E-state index in [0.29, 0.717) is 13.3 Å². The van der Waals surface area contributed by atoms with Gasteiger partial charge in [-0.05, 0) is 74.9 Å². The zero-order valence-corrected chi connectivity index (χ0v) is 19.1. The summed E-state index contributed by atoms with van der Waals surface area (Å²) < 4.78 is 11.8. The highest BCUT2D eigenvalue weighted by atomic mass is 79.9. The highest BCUT2D eigenvalue weighted by Crippen LogP contribution is 2.30. The van der Waals surface area contributed by atoms with E-state index in [1.807, 2.05) is 58.8 Å². The van der Waals surface area contributed by atoms with Crippen molar-refractivity contribution in [2.75, 3.05) is 20.8 Å². The normalized spacial score (nSPS) is 10.8. The summed E-state index contributed by atoms with van der Waals surface area (Å²) in [5, 5.41) is 2.75. The third-order valence-corrected chi connectivity index (χ3v) is 3.68. The Morgan fingerprint density at radius 1 is 1.19 bits per heavy atom. The molecule has 0 aliphatic rings. The Bertz CT molecular complexity index is 529. The highest BCUT2D eigenvalue weighted by molar-refractivity contribution is 9.10. The maximum Gasteiger partial charge on any atom is 0.407 e. The molecule has 0 spiro atoms. The molecular formula is C20H35BrN2O3. The molecule has 1 rings (SSSR count). The number of rotatable bonds is 6. The zero-order valence-electron chi connectivity index (χ0n) is 17.5. The lowest BCUT2D eigenvalue weighted by atomic mass is 10.1. The highest BCUT2D eigenvalue weighted by Gasteiger charge is 2.16. The molecule has 0 aromatic heterocycles. The minimum Gasteiger partial charge on any atom is -0.477 e. The van der Waals surface area contributed by atoms with Crippen molar-refractivity contribution in [3.8, 4) is 5.75 Å². The molecule has 0 atom stereocenters. The maximum atomic E-state index is 11.7. The lowest BCUT2D eigenvalue weighted by Gasteiger charge is -2.20. The summed E-state index contributed by atoms with van der Waals surface area (Å²) in [6, 6.07) is 3.93. The Kier molecular flexibility index (Phi) is 11.6. The second-order valence-corrected chi connectivity index (χ2v) is 8.29. The number of halogens is 1. The van der Waals surface area contributed by atoms with Gasteiger partial charge < -0.3 is 14.8 Å². The van der Waals surface area contributed by atoms with Crippen molar-refractivity contribution in [1.82, 2.24) is 10.2 Å². The summed E-state index contributed by atoms with van der Waals surface area (Å²) in [4.78, 5) is 13.6. The van der Waals surface area contributed by atoms with Crippen molar-refractivity contribution < 1.29 is 14.3 Å². The minimum atomic E-state index is -0.496. The first-order valence-electron chi connectivity index (χ1n) is 9.03. The first-order valence-corrected chi connectivity index (χ1v) is 9.82. The average molecular weight is 431 g/mol. The van der Waals surface area contributed by atoms with E-state index in [-0.39, 0.29) is 0 Å². The number of nitrogens with zero attached hydrogens (tertiary/aromatic N) is 1. The topological polar surface area (TPSA) is 50.8 Å². The van der Waals surface area contributed by atoms with Gasteiger partial charge in [-0.25, -0.2) is 4.79 Å². The largest absolute Gasteiger partial charge is 0.477 e. The van der Waals surface area contributed by atoms with Gasteiger partial charge in [-0.3, -0.25) is 4.90 Å². The molecule has 6 heteroatoms. The molecule has 1 aromatic carbocycles. The van der Waals surface area contributed by atoms with E-state index in [1.54, 1.807) is 0 Å². The molecule has 26 heavy (non-hydrogen) atoms. The van der Waals surface area contributed by atoms with Crippen LogP contribution in [0.25, 0.3) is 0 Å². The molecular weight excluding hydrogens is 396 g/mol. The minimum absolute atomic E-state index is 0.405. The Balaban J connectivity index is 0.00000141. The Morgan fingerprint density at radius 3 is 2.19 bits per heavy atom. The molecule has 0 unspecified atom stereocenters. The van der Waals surface area contributed by atoms with Crippen molar-refractivity contribution in [1.29, 1.82) is 0 Å². The molecule has 1 aromatic rings. The van der Waals surface area contributed by atoms with Crippen LogP contribution in [0.3, 0.4) is 0 Å². The second-order valence-electron chi connectivity index (χ2n) is 7.43. The maximum absolute atomic E-state index is 11.7. The fourth-order valence-corrected chi connectivity index (χ4v) is 2.49. The van der Waals surface area contributed by atoms with Crippen LogP contribution >= 0.6 is 15.9 Å². The molecule has 1 amide bonds. The number of benzene rings is 1. The van der Waals surface area contributed by atoms with Gasteiger partial charge in [0, 0.05) is 6.54 Å². The van der Waals surface area contributed by atoms with Gasteiger partial charge in [-0.2, -0.15) is 0 Å². The number of alkyl carbamates (subject to hydrolysis) is 1. The van der Waals surface area contributed by atoms with Gasteiger partial charge in [0.1, 0.15) is 18.1 Å². The number of ether oxygens (including phenoxy) is 2. The van der Waals surface area contributed by atoms with E-state index in [9.17, 15) is 4.79 Å². The lowest BCUT2D eigenvalue weighted by Crippen LogP contribution is -2.32. The Hall–Kier alpha value is -1.27. The number of carbonyl (C=O) groups excluding carboxylic acids is 1. The number of nitrogens with one attached hydrogen (secondary N) is 1. The van der Waals surface area contributed by atoms with Gasteiger partial charge in [0.2, 0.25) is 0 Å². The predicted octanol–water partition coefficient (Wildman–Crippen LogP) is 5.49. The summed E-state index contributed by atoms with van der Waals surface area (Å²) in [5.41, 5.74) is 1.49. The number of carbonyl (C=O) groups is 1. The molecule has 1 N–H and O–H groups in total. The third-order valence-electron chi connectivity index (χ3n) is 3.09. The number of aryl methyl sites for hydroxylation is 1. The molecule has 5 nitrogen and oxygen atoms in total. The fraction of sp³-hybridized carbons (Fsp3) is 0.650. The Morgan fingerprint density at radius 2 is 1.77 bits per heavy atom. The van der Waals surface area contributed by atoms with Crippen LogP contribution in [0.15, 0.2) is 16.6 Å². The Labute approximate surface area is 167 Å². The molecule has 0 saturated heterocycles. The van der Waals surface area contributed by atoms with Crippen LogP contribution in [0.1, 0.15) is 58.6 Å². The number of amides is 1. The third kappa shape index (κ3) is 11.4. The zero-order chi connectivity index (χ0) is 20.3. The van der Waals surface area contributed by atoms with Crippen LogP contribution in [0, 0.1) is 6.92 Å². The van der Waals surface area contributed by atoms with Crippen LogP contribution in [0.2, 0.25) is 0 Å². The van der Waals surface area contributed by atoms with Crippen LogP contribution in [0.4, 0.5) is 4.79 Å². The molecule has 0 bridgehead atoms. The number of unbranched alkanes of at least 4 members (excludes halogenated alkanes) is 1. The molecule has 150 valence electrons. The summed E-state index contributed by atoms with van der Waals surface area (Å²) in [6.07, 6.45) is 2.22. The summed E-state index contributed by atoms with van der Waals surface area (Å²) in [5.74, 6) is 0.815. The molecule has 0 saturated carbocycles. The summed E-state index contributed by atoms with van der Waals surface area (Å²) in [7, 11) is 3.89. The predicted molar refractivity (Wildman–Crippen MR) is 112 cm³/mol. The van der Waals surface area contributed by atoms with Crippen LogP contribution in [-0.2, 0) is 11.3 Å². The van der Waals surface area contributed by atoms with Crippen molar-refractivity contribution in [2.45, 2.75) is 66.5 Å². The van der Waals surface area contributed by atoms with Gasteiger partial charge in [0.15, 0.2) is 0 Å². The summed E-state index contributed by atoms with van der Waals surface area (Å²) in [6.45, 7) is 12.8. The van der Waals surface area contributed by atoms with E-state index in [2.05, 4.69) is 35.1 Å². The van der Waals surface area contributed by atoms with Gasteiger partial charge in [-0.15, -0.1) is 0 Å². The van der Waals surface area contributed by atoms with Crippen LogP contribution in [0.5, 0.6) is 5.75 Å². The number of hydrogen-bond donors (Lipinski definition) is 1. The number of hydrogen-bond acceptors (Lipinski definition) is 4. The van der Waals surface area contributed by atoms with Gasteiger partial charge >= 0.3 is 6.09 Å². The SMILES string of the molecule is CCCC.Cc1cc(CNC(=O)OC(C)(C)C)cc(Br)c1OCN(C)C. The monoisotopic (exact) mass is 430 g/mol. The molecule has 0 heterocycles. The molecule has 0 fully saturated rings. The fourth-order valence-electron chi connectivity index (χ4n) is 1.77. The van der Waals surface area contributed by atoms with Crippen molar-refractivity contribution in [3.05, 3.63) is 27.7 Å². The van der Waals surface area contributed by atoms with E-state index < -0.39 is 11.7 Å². The van der Waals surface area contributed by atoms with E-state index >= 15 is 0 Å². The quantitative estimate of drug-likeness (QED) is 0.606. The molecule has 0 radical (unpaired) electrons. The first kappa shape index (κ1) is 24.7. The second kappa shape index (κ2) is 12.2. The van der Waals surface area contributed by atoms with Crippen molar-refractivity contribution in [2.24, 2.45) is 0 Å². The van der Waals surface area contributed by atoms with Gasteiger partial charge in [-0.1, -0.05) is 32.8 Å². The standard InChI is InChI=1S/C16H25BrN2O3.C4H10/c1-11-7-12(9-18-15(20)22-16(2,3)4)8-13(17)14(11)21-10-19(5)6;1-3-4-2/h7-8H,9-10H2,1-6H3,(H,18,20);3-4H2,1-2H3. The summed E-state index contributed by atoms with van der Waals surface area (Å²) >= 11 is 3.52. The van der Waals surface area contributed by atoms with Crippen molar-refractivity contribution >= 4 is 22.0 Å². The first-order chi connectivity index (χ1) is 12.0. The van der Waals surface area contributed by atoms with E-state index in [0.717, 1.165) is 21.3 Å². The van der Waals surface area contributed by atoms with Crippen LogP contribution in [-0.4, -0.2) is 37.4 Å². The van der Waals surface area contributed by atoms with Crippen molar-refractivity contribution in [3.63, 3.8) is 0 Å². The van der Waals surface area contributed by atoms with Gasteiger partial charge in [0.05, 0.1) is 4.47 Å². The van der Waals surface area contributed by atoms with E-state index in [4.69, 9.17) is 9.47 Å². The van der Waals surface area contributed by atoms with E-state index in [1.165, 1.54) is 12.8 Å². The smallest absolute Gasteiger partial charge is 0.407 e. The molecule has 0 aliphatic heterocycles. The van der Waals surface area contributed by atoms with Crippen LogP contribution < -0.4 is 10.1 Å².